The highest BCUT2D eigenvalue weighted by Gasteiger charge is 2.28. The number of aliphatic hydroxyl groups excluding tert-OH is 1. The lowest BCUT2D eigenvalue weighted by atomic mass is 9.92. The minimum absolute atomic E-state index is 0.307. The van der Waals surface area contributed by atoms with Crippen LogP contribution in [0, 0.1) is 11.8 Å². The lowest BCUT2D eigenvalue weighted by Gasteiger charge is -2.14. The summed E-state index contributed by atoms with van der Waals surface area (Å²) in [7, 11) is 2.21. The molecule has 3 atom stereocenters. The minimum atomic E-state index is 0.307. The summed E-state index contributed by atoms with van der Waals surface area (Å²) in [5.41, 5.74) is 0. The molecule has 0 aliphatic carbocycles. The molecule has 14 heavy (non-hydrogen) atoms. The topological polar surface area (TPSA) is 35.5 Å². The van der Waals surface area contributed by atoms with Crippen LogP contribution in [0.2, 0.25) is 0 Å². The second-order valence-electron chi connectivity index (χ2n) is 5.04. The molecule has 2 saturated heterocycles. The van der Waals surface area contributed by atoms with Crippen LogP contribution in [0.3, 0.4) is 0 Å². The maximum absolute atomic E-state index is 9.02. The van der Waals surface area contributed by atoms with Gasteiger partial charge in [0.2, 0.25) is 0 Å². The fourth-order valence-electron chi connectivity index (χ4n) is 2.91. The van der Waals surface area contributed by atoms with E-state index < -0.39 is 0 Å². The van der Waals surface area contributed by atoms with Gasteiger partial charge in [-0.2, -0.15) is 0 Å². The van der Waals surface area contributed by atoms with Crippen LogP contribution in [-0.2, 0) is 0 Å². The van der Waals surface area contributed by atoms with E-state index in [-0.39, 0.29) is 0 Å². The van der Waals surface area contributed by atoms with E-state index in [0.717, 1.165) is 18.4 Å². The Kier molecular flexibility index (Phi) is 3.42. The minimum Gasteiger partial charge on any atom is -0.395 e. The molecule has 0 amide bonds. The van der Waals surface area contributed by atoms with Gasteiger partial charge in [0, 0.05) is 12.6 Å². The molecule has 2 N–H and O–H groups in total. The third-order valence-corrected chi connectivity index (χ3v) is 3.69. The maximum Gasteiger partial charge on any atom is 0.0584 e. The first kappa shape index (κ1) is 10.4. The zero-order chi connectivity index (χ0) is 9.97. The largest absolute Gasteiger partial charge is 0.395 e. The monoisotopic (exact) mass is 198 g/mol. The fourth-order valence-corrected chi connectivity index (χ4v) is 2.91. The van der Waals surface area contributed by atoms with E-state index in [4.69, 9.17) is 5.11 Å². The van der Waals surface area contributed by atoms with Crippen molar-refractivity contribution in [2.45, 2.75) is 25.3 Å². The van der Waals surface area contributed by atoms with Gasteiger partial charge < -0.3 is 15.3 Å². The Labute approximate surface area is 86.5 Å². The molecule has 3 nitrogen and oxygen atoms in total. The van der Waals surface area contributed by atoms with Gasteiger partial charge in [-0.25, -0.2) is 0 Å². The highest BCUT2D eigenvalue weighted by molar-refractivity contribution is 4.84. The third kappa shape index (κ3) is 2.47. The number of rotatable bonds is 3. The van der Waals surface area contributed by atoms with Gasteiger partial charge in [0.1, 0.15) is 0 Å². The molecule has 3 unspecified atom stereocenters. The number of nitrogens with zero attached hydrogens (tertiary/aromatic N) is 1. The number of likely N-dealkylation sites (tertiary alicyclic amines) is 1. The maximum atomic E-state index is 9.02. The molecule has 3 heteroatoms. The van der Waals surface area contributed by atoms with Crippen LogP contribution in [0.15, 0.2) is 0 Å². The zero-order valence-corrected chi connectivity index (χ0v) is 9.08. The fraction of sp³-hybridized carbons (Fsp3) is 1.00. The summed E-state index contributed by atoms with van der Waals surface area (Å²) in [6.45, 7) is 3.97. The molecule has 2 heterocycles. The summed E-state index contributed by atoms with van der Waals surface area (Å²) < 4.78 is 0. The Hall–Kier alpha value is -0.120. The van der Waals surface area contributed by atoms with Gasteiger partial charge in [-0.05, 0) is 51.2 Å². The molecule has 0 aromatic heterocycles. The summed E-state index contributed by atoms with van der Waals surface area (Å²) in [4.78, 5) is 2.43. The lowest BCUT2D eigenvalue weighted by molar-refractivity contribution is 0.250. The van der Waals surface area contributed by atoms with E-state index in [0.29, 0.717) is 12.6 Å². The van der Waals surface area contributed by atoms with Crippen LogP contribution in [0.25, 0.3) is 0 Å². The first-order valence-electron chi connectivity index (χ1n) is 5.80. The Morgan fingerprint density at radius 1 is 1.43 bits per heavy atom. The third-order valence-electron chi connectivity index (χ3n) is 3.69. The molecule has 2 aliphatic rings. The van der Waals surface area contributed by atoms with E-state index in [1.165, 1.54) is 32.4 Å². The van der Waals surface area contributed by atoms with Crippen LogP contribution in [0.5, 0.6) is 0 Å². The standard InChI is InChI=1S/C11H22N2O/c1-13-3-2-9(7-13)4-10-5-11(8-14)12-6-10/h9-12,14H,2-8H2,1H3. The second-order valence-corrected chi connectivity index (χ2v) is 5.04. The van der Waals surface area contributed by atoms with Gasteiger partial charge in [0.25, 0.3) is 0 Å². The highest BCUT2D eigenvalue weighted by Crippen LogP contribution is 2.27. The van der Waals surface area contributed by atoms with Crippen LogP contribution in [0.1, 0.15) is 19.3 Å². The van der Waals surface area contributed by atoms with E-state index in [2.05, 4.69) is 17.3 Å². The van der Waals surface area contributed by atoms with Crippen molar-refractivity contribution in [3.05, 3.63) is 0 Å². The number of hydrogen-bond acceptors (Lipinski definition) is 3. The van der Waals surface area contributed by atoms with E-state index in [1.54, 1.807) is 0 Å². The summed E-state index contributed by atoms with van der Waals surface area (Å²) >= 11 is 0. The van der Waals surface area contributed by atoms with Crippen molar-refractivity contribution in [2.75, 3.05) is 33.3 Å². The Balaban J connectivity index is 1.71. The Morgan fingerprint density at radius 3 is 2.86 bits per heavy atom. The summed E-state index contributed by atoms with van der Waals surface area (Å²) in [5.74, 6) is 1.72. The van der Waals surface area contributed by atoms with Gasteiger partial charge >= 0.3 is 0 Å². The highest BCUT2D eigenvalue weighted by atomic mass is 16.3. The van der Waals surface area contributed by atoms with Crippen LogP contribution in [0.4, 0.5) is 0 Å². The molecule has 2 fully saturated rings. The first-order valence-corrected chi connectivity index (χ1v) is 5.80. The molecule has 0 bridgehead atoms. The van der Waals surface area contributed by atoms with E-state index in [9.17, 15) is 0 Å². The van der Waals surface area contributed by atoms with Crippen molar-refractivity contribution in [1.29, 1.82) is 0 Å². The van der Waals surface area contributed by atoms with Crippen LogP contribution < -0.4 is 5.32 Å². The second kappa shape index (κ2) is 4.60. The van der Waals surface area contributed by atoms with Gasteiger partial charge in [-0.1, -0.05) is 0 Å². The Bertz CT molecular complexity index is 186. The number of nitrogens with one attached hydrogen (secondary N) is 1. The smallest absolute Gasteiger partial charge is 0.0584 e. The van der Waals surface area contributed by atoms with Crippen molar-refractivity contribution in [2.24, 2.45) is 11.8 Å². The van der Waals surface area contributed by atoms with Crippen molar-refractivity contribution in [3.8, 4) is 0 Å². The van der Waals surface area contributed by atoms with E-state index in [1.807, 2.05) is 0 Å². The predicted molar refractivity (Wildman–Crippen MR) is 57.2 cm³/mol. The number of aliphatic hydroxyl groups is 1. The predicted octanol–water partition coefficient (Wildman–Crippen LogP) is 0.299. The normalized spacial score (nSPS) is 39.4. The first-order chi connectivity index (χ1) is 6.78. The number of hydrogen-bond donors (Lipinski definition) is 2. The SMILES string of the molecule is CN1CCC(CC2CNC(CO)C2)C1. The van der Waals surface area contributed by atoms with Crippen molar-refractivity contribution in [1.82, 2.24) is 10.2 Å². The molecule has 0 aromatic carbocycles. The molecule has 0 saturated carbocycles. The van der Waals surface area contributed by atoms with Crippen molar-refractivity contribution in [3.63, 3.8) is 0 Å². The average Bonchev–Trinajstić information content (AvgIpc) is 2.76. The van der Waals surface area contributed by atoms with Gasteiger partial charge in [-0.3, -0.25) is 0 Å². The summed E-state index contributed by atoms with van der Waals surface area (Å²) in [6, 6.07) is 0.374. The van der Waals surface area contributed by atoms with Crippen molar-refractivity contribution < 1.29 is 5.11 Å². The van der Waals surface area contributed by atoms with E-state index >= 15 is 0 Å². The quantitative estimate of drug-likeness (QED) is 0.684. The summed E-state index contributed by atoms with van der Waals surface area (Å²) in [5, 5.41) is 12.4. The van der Waals surface area contributed by atoms with Gasteiger partial charge in [-0.15, -0.1) is 0 Å². The molecule has 2 rings (SSSR count). The van der Waals surface area contributed by atoms with Crippen LogP contribution in [-0.4, -0.2) is 49.3 Å². The average molecular weight is 198 g/mol. The molecule has 0 aromatic rings. The Morgan fingerprint density at radius 2 is 2.29 bits per heavy atom. The zero-order valence-electron chi connectivity index (χ0n) is 9.08. The molecule has 0 spiro atoms. The van der Waals surface area contributed by atoms with Gasteiger partial charge in [0.05, 0.1) is 6.61 Å². The molecular weight excluding hydrogens is 176 g/mol. The molecule has 82 valence electrons. The molecule has 2 aliphatic heterocycles. The van der Waals surface area contributed by atoms with Crippen molar-refractivity contribution >= 4 is 0 Å². The molecular formula is C11H22N2O. The molecule has 0 radical (unpaired) electrons. The lowest BCUT2D eigenvalue weighted by Crippen LogP contribution is -2.24. The van der Waals surface area contributed by atoms with Gasteiger partial charge in [0.15, 0.2) is 0 Å². The summed E-state index contributed by atoms with van der Waals surface area (Å²) in [6.07, 6.45) is 3.90. The van der Waals surface area contributed by atoms with Crippen LogP contribution >= 0.6 is 0 Å².